The maximum atomic E-state index is 13.2. The Labute approximate surface area is 239 Å². The van der Waals surface area contributed by atoms with Gasteiger partial charge in [0.1, 0.15) is 0 Å². The Balaban J connectivity index is 1.50. The molecular formula is C31H38N4O6. The second-order valence-electron chi connectivity index (χ2n) is 12.0. The number of carbonyl (C=O) groups excluding carboxylic acids is 4. The summed E-state index contributed by atoms with van der Waals surface area (Å²) >= 11 is 0. The minimum absolute atomic E-state index is 0.0377. The molecule has 1 aliphatic heterocycles. The summed E-state index contributed by atoms with van der Waals surface area (Å²) < 4.78 is 0. The average molecular weight is 563 g/mol. The van der Waals surface area contributed by atoms with Crippen LogP contribution >= 0.6 is 0 Å². The summed E-state index contributed by atoms with van der Waals surface area (Å²) in [6, 6.07) is 10.9. The van der Waals surface area contributed by atoms with Gasteiger partial charge in [-0.1, -0.05) is 32.9 Å². The third-order valence-electron chi connectivity index (χ3n) is 8.26. The maximum Gasteiger partial charge on any atom is 0.319 e. The number of amides is 5. The lowest BCUT2D eigenvalue weighted by molar-refractivity contribution is -0.136. The predicted molar refractivity (Wildman–Crippen MR) is 154 cm³/mol. The van der Waals surface area contributed by atoms with E-state index in [1.807, 2.05) is 12.1 Å². The molecule has 2 aromatic carbocycles. The zero-order chi connectivity index (χ0) is 29.9. The van der Waals surface area contributed by atoms with E-state index < -0.39 is 17.9 Å². The van der Waals surface area contributed by atoms with Crippen molar-refractivity contribution in [2.45, 2.75) is 58.9 Å². The van der Waals surface area contributed by atoms with Gasteiger partial charge in [0, 0.05) is 24.8 Å². The van der Waals surface area contributed by atoms with Gasteiger partial charge in [-0.25, -0.2) is 4.79 Å². The van der Waals surface area contributed by atoms with Gasteiger partial charge in [-0.15, -0.1) is 0 Å². The molecule has 1 aliphatic carbocycles. The summed E-state index contributed by atoms with van der Waals surface area (Å²) in [6.07, 6.45) is 3.81. The quantitative estimate of drug-likeness (QED) is 0.339. The number of carboxylic acids is 1. The van der Waals surface area contributed by atoms with Crippen molar-refractivity contribution >= 4 is 35.4 Å². The van der Waals surface area contributed by atoms with Crippen molar-refractivity contribution in [1.29, 1.82) is 0 Å². The summed E-state index contributed by atoms with van der Waals surface area (Å²) in [5.41, 5.74) is 2.44. The third kappa shape index (κ3) is 6.93. The van der Waals surface area contributed by atoms with E-state index in [4.69, 9.17) is 5.11 Å². The van der Waals surface area contributed by atoms with E-state index in [0.29, 0.717) is 22.7 Å². The van der Waals surface area contributed by atoms with E-state index in [1.165, 1.54) is 13.1 Å². The molecule has 41 heavy (non-hydrogen) atoms. The molecule has 0 saturated heterocycles. The number of imide groups is 1. The summed E-state index contributed by atoms with van der Waals surface area (Å²) in [5.74, 6) is -1.35. The largest absolute Gasteiger partial charge is 0.481 e. The summed E-state index contributed by atoms with van der Waals surface area (Å²) in [6.45, 7) is 6.81. The van der Waals surface area contributed by atoms with Gasteiger partial charge in [-0.3, -0.25) is 24.1 Å². The highest BCUT2D eigenvalue weighted by atomic mass is 16.4. The van der Waals surface area contributed by atoms with E-state index in [1.54, 1.807) is 24.3 Å². The molecular weight excluding hydrogens is 524 g/mol. The zero-order valence-electron chi connectivity index (χ0n) is 24.0. The third-order valence-corrected chi connectivity index (χ3v) is 8.26. The molecule has 4 rings (SSSR count). The van der Waals surface area contributed by atoms with Crippen LogP contribution in [-0.4, -0.2) is 53.3 Å². The first-order valence-corrected chi connectivity index (χ1v) is 14.0. The lowest BCUT2D eigenvalue weighted by Crippen LogP contribution is -2.38. The van der Waals surface area contributed by atoms with Crippen molar-refractivity contribution in [1.82, 2.24) is 15.5 Å². The first-order chi connectivity index (χ1) is 19.3. The SMILES string of the molecule is CN1C(=O)c2ccc(NC(=O)NC(c3ccc(C(=O)NCCC(=O)O)cc3)C3CCC(C(C)(C)C)CC3)cc2C1=O. The number of aliphatic carboxylic acids is 1. The number of hydrogen-bond donors (Lipinski definition) is 4. The predicted octanol–water partition coefficient (Wildman–Crippen LogP) is 4.83. The van der Waals surface area contributed by atoms with E-state index in [0.717, 1.165) is 36.1 Å². The fourth-order valence-electron chi connectivity index (χ4n) is 5.77. The van der Waals surface area contributed by atoms with E-state index in [-0.39, 0.29) is 47.7 Å². The Morgan fingerprint density at radius 2 is 1.59 bits per heavy atom. The number of anilines is 1. The summed E-state index contributed by atoms with van der Waals surface area (Å²) in [5, 5.41) is 17.3. The molecule has 0 spiro atoms. The van der Waals surface area contributed by atoms with Crippen molar-refractivity contribution in [2.24, 2.45) is 17.3 Å². The maximum absolute atomic E-state index is 13.2. The number of urea groups is 1. The molecule has 0 radical (unpaired) electrons. The standard InChI is InChI=1S/C31H38N4O6/c1-31(2,3)21-11-9-19(10-12-21)26(18-5-7-20(8-6-18)27(38)32-16-15-25(36)37)34-30(41)33-22-13-14-23-24(17-22)29(40)35(4)28(23)39/h5-8,13-14,17,19,21,26H,9-12,15-16H2,1-4H3,(H,32,38)(H,36,37)(H2,33,34,41). The van der Waals surface area contributed by atoms with Crippen LogP contribution in [-0.2, 0) is 4.79 Å². The number of rotatable bonds is 8. The fraction of sp³-hybridized carbons (Fsp3) is 0.452. The zero-order valence-corrected chi connectivity index (χ0v) is 24.0. The molecule has 1 fully saturated rings. The normalized spacial score (nSPS) is 19.4. The lowest BCUT2D eigenvalue weighted by Gasteiger charge is -2.39. The van der Waals surface area contributed by atoms with Gasteiger partial charge in [0.15, 0.2) is 0 Å². The van der Waals surface area contributed by atoms with Gasteiger partial charge < -0.3 is 21.1 Å². The molecule has 1 unspecified atom stereocenters. The number of nitrogens with one attached hydrogen (secondary N) is 3. The van der Waals surface area contributed by atoms with Crippen molar-refractivity contribution in [3.63, 3.8) is 0 Å². The highest BCUT2D eigenvalue weighted by Crippen LogP contribution is 2.43. The first-order valence-electron chi connectivity index (χ1n) is 14.0. The van der Waals surface area contributed by atoms with Crippen LogP contribution in [0.25, 0.3) is 0 Å². The number of nitrogens with zero attached hydrogens (tertiary/aromatic N) is 1. The molecule has 2 aliphatic rings. The average Bonchev–Trinajstić information content (AvgIpc) is 3.14. The van der Waals surface area contributed by atoms with Crippen molar-refractivity contribution < 1.29 is 29.1 Å². The Morgan fingerprint density at radius 3 is 2.20 bits per heavy atom. The van der Waals surface area contributed by atoms with Crippen molar-refractivity contribution in [3.05, 3.63) is 64.7 Å². The van der Waals surface area contributed by atoms with Crippen LogP contribution in [0.2, 0.25) is 0 Å². The molecule has 1 saturated carbocycles. The van der Waals surface area contributed by atoms with Crippen molar-refractivity contribution in [2.75, 3.05) is 18.9 Å². The first kappa shape index (κ1) is 29.8. The second kappa shape index (κ2) is 12.1. The molecule has 1 atom stereocenters. The Morgan fingerprint density at radius 1 is 0.951 bits per heavy atom. The Bertz CT molecular complexity index is 1340. The van der Waals surface area contributed by atoms with Gasteiger partial charge in [0.25, 0.3) is 17.7 Å². The molecule has 10 heteroatoms. The Kier molecular flexibility index (Phi) is 8.80. The minimum Gasteiger partial charge on any atom is -0.481 e. The Hall–Kier alpha value is -4.21. The van der Waals surface area contributed by atoms with Crippen LogP contribution in [0.3, 0.4) is 0 Å². The molecule has 4 N–H and O–H groups in total. The molecule has 2 aromatic rings. The van der Waals surface area contributed by atoms with E-state index in [9.17, 15) is 24.0 Å². The van der Waals surface area contributed by atoms with Crippen LogP contribution in [0.5, 0.6) is 0 Å². The second-order valence-corrected chi connectivity index (χ2v) is 12.0. The molecule has 10 nitrogen and oxygen atoms in total. The highest BCUT2D eigenvalue weighted by Gasteiger charge is 2.35. The number of fused-ring (bicyclic) bond motifs is 1. The van der Waals surface area contributed by atoms with Crippen LogP contribution in [0, 0.1) is 17.3 Å². The van der Waals surface area contributed by atoms with Crippen molar-refractivity contribution in [3.8, 4) is 0 Å². The smallest absolute Gasteiger partial charge is 0.319 e. The van der Waals surface area contributed by atoms with Crippen LogP contribution in [0.4, 0.5) is 10.5 Å². The van der Waals surface area contributed by atoms with Gasteiger partial charge in [-0.05, 0) is 78.8 Å². The van der Waals surface area contributed by atoms with E-state index in [2.05, 4.69) is 36.7 Å². The topological polar surface area (TPSA) is 145 Å². The summed E-state index contributed by atoms with van der Waals surface area (Å²) in [4.78, 5) is 62.0. The molecule has 0 bridgehead atoms. The van der Waals surface area contributed by atoms with Gasteiger partial charge in [0.2, 0.25) is 0 Å². The van der Waals surface area contributed by atoms with Gasteiger partial charge in [-0.2, -0.15) is 0 Å². The number of carboxylic acid groups (broad SMARTS) is 1. The molecule has 0 aromatic heterocycles. The van der Waals surface area contributed by atoms with E-state index >= 15 is 0 Å². The molecule has 1 heterocycles. The minimum atomic E-state index is -0.985. The van der Waals surface area contributed by atoms with Crippen LogP contribution in [0.1, 0.15) is 95.6 Å². The van der Waals surface area contributed by atoms with Crippen LogP contribution < -0.4 is 16.0 Å². The fourth-order valence-corrected chi connectivity index (χ4v) is 5.77. The summed E-state index contributed by atoms with van der Waals surface area (Å²) in [7, 11) is 1.43. The van der Waals surface area contributed by atoms with Gasteiger partial charge >= 0.3 is 12.0 Å². The number of benzene rings is 2. The highest BCUT2D eigenvalue weighted by molar-refractivity contribution is 6.21. The van der Waals surface area contributed by atoms with Crippen LogP contribution in [0.15, 0.2) is 42.5 Å². The monoisotopic (exact) mass is 562 g/mol. The number of carbonyl (C=O) groups is 5. The lowest BCUT2D eigenvalue weighted by atomic mass is 9.68. The molecule has 218 valence electrons. The number of hydrogen-bond acceptors (Lipinski definition) is 5. The van der Waals surface area contributed by atoms with Gasteiger partial charge in [0.05, 0.1) is 23.6 Å². The molecule has 5 amide bonds.